The van der Waals surface area contributed by atoms with E-state index in [-0.39, 0.29) is 12.8 Å². The first-order chi connectivity index (χ1) is 14.3. The number of pyridine rings is 1. The van der Waals surface area contributed by atoms with Crippen molar-refractivity contribution in [1.82, 2.24) is 10.3 Å². The number of benzene rings is 1. The van der Waals surface area contributed by atoms with E-state index in [2.05, 4.69) is 26.2 Å². The lowest BCUT2D eigenvalue weighted by Crippen LogP contribution is -2.50. The van der Waals surface area contributed by atoms with Crippen molar-refractivity contribution >= 4 is 33.4 Å². The Hall–Kier alpha value is -1.78. The van der Waals surface area contributed by atoms with Crippen LogP contribution in [0.2, 0.25) is 5.02 Å². The Labute approximate surface area is 187 Å². The van der Waals surface area contributed by atoms with Gasteiger partial charge in [0.1, 0.15) is 5.69 Å². The highest BCUT2D eigenvalue weighted by Crippen LogP contribution is 2.45. The quantitative estimate of drug-likeness (QED) is 0.485. The van der Waals surface area contributed by atoms with Crippen LogP contribution in [0.5, 0.6) is 0 Å². The largest absolute Gasteiger partial charge is 0.417 e. The Balaban J connectivity index is 1.97. The Bertz CT molecular complexity index is 976. The van der Waals surface area contributed by atoms with E-state index in [4.69, 9.17) is 11.6 Å². The van der Waals surface area contributed by atoms with Crippen molar-refractivity contribution in [3.8, 4) is 0 Å². The first kappa shape index (κ1) is 23.9. The molecule has 0 aliphatic heterocycles. The zero-order valence-corrected chi connectivity index (χ0v) is 18.2. The first-order valence-electron chi connectivity index (χ1n) is 9.21. The average molecular weight is 528 g/mol. The lowest BCUT2D eigenvalue weighted by Gasteiger charge is -2.42. The molecule has 3 rings (SSSR count). The zero-order chi connectivity index (χ0) is 23.0. The molecule has 1 unspecified atom stereocenters. The molecule has 31 heavy (non-hydrogen) atoms. The molecular formula is C20H17BrClF5N2O2. The van der Waals surface area contributed by atoms with Gasteiger partial charge >= 0.3 is 6.18 Å². The van der Waals surface area contributed by atoms with Crippen molar-refractivity contribution in [2.45, 2.75) is 49.4 Å². The van der Waals surface area contributed by atoms with Gasteiger partial charge in [0.2, 0.25) is 5.92 Å². The van der Waals surface area contributed by atoms with E-state index in [1.807, 2.05) is 0 Å². The maximum atomic E-state index is 13.7. The lowest BCUT2D eigenvalue weighted by molar-refractivity contribution is -0.137. The van der Waals surface area contributed by atoms with Gasteiger partial charge in [-0.2, -0.15) is 13.2 Å². The monoisotopic (exact) mass is 526 g/mol. The molecule has 1 atom stereocenters. The van der Waals surface area contributed by atoms with Crippen LogP contribution >= 0.6 is 27.5 Å². The van der Waals surface area contributed by atoms with Crippen LogP contribution in [-0.4, -0.2) is 27.5 Å². The van der Waals surface area contributed by atoms with E-state index in [0.717, 1.165) is 6.20 Å². The topological polar surface area (TPSA) is 62.2 Å². The average Bonchev–Trinajstić information content (AvgIpc) is 2.67. The number of carbonyl (C=O) groups is 1. The van der Waals surface area contributed by atoms with Crippen LogP contribution in [0, 0.1) is 0 Å². The highest BCUT2D eigenvalue weighted by atomic mass is 79.9. The molecule has 2 N–H and O–H groups in total. The van der Waals surface area contributed by atoms with Crippen molar-refractivity contribution in [2.75, 3.05) is 0 Å². The van der Waals surface area contributed by atoms with Crippen LogP contribution < -0.4 is 5.32 Å². The molecule has 1 aliphatic rings. The molecule has 1 aromatic carbocycles. The summed E-state index contributed by atoms with van der Waals surface area (Å²) in [5.74, 6) is -4.00. The van der Waals surface area contributed by atoms with Gasteiger partial charge in [0.15, 0.2) is 0 Å². The molecule has 0 radical (unpaired) electrons. The third-order valence-electron chi connectivity index (χ3n) is 5.25. The number of alkyl halides is 5. The minimum absolute atomic E-state index is 0.318. The van der Waals surface area contributed by atoms with Gasteiger partial charge in [0.25, 0.3) is 5.91 Å². The summed E-state index contributed by atoms with van der Waals surface area (Å²) in [6.45, 7) is 0. The molecule has 0 bridgehead atoms. The van der Waals surface area contributed by atoms with Crippen LogP contribution in [0.1, 0.15) is 53.3 Å². The van der Waals surface area contributed by atoms with E-state index >= 15 is 0 Å². The number of nitrogens with zero attached hydrogens (tertiary/aromatic N) is 1. The molecule has 0 saturated heterocycles. The summed E-state index contributed by atoms with van der Waals surface area (Å²) in [7, 11) is 0. The predicted octanol–water partition coefficient (Wildman–Crippen LogP) is 5.93. The molecule has 4 nitrogen and oxygen atoms in total. The smallest absolute Gasteiger partial charge is 0.387 e. The van der Waals surface area contributed by atoms with Crippen LogP contribution in [0.15, 0.2) is 41.0 Å². The number of halogens is 7. The fourth-order valence-electron chi connectivity index (χ4n) is 3.57. The summed E-state index contributed by atoms with van der Waals surface area (Å²) >= 11 is 9.06. The summed E-state index contributed by atoms with van der Waals surface area (Å²) in [4.78, 5) is 16.5. The minimum Gasteiger partial charge on any atom is -0.387 e. The van der Waals surface area contributed by atoms with Crippen molar-refractivity contribution in [3.05, 3.63) is 62.8 Å². The van der Waals surface area contributed by atoms with Gasteiger partial charge in [-0.05, 0) is 36.6 Å². The van der Waals surface area contributed by atoms with E-state index in [0.29, 0.717) is 16.1 Å². The van der Waals surface area contributed by atoms with E-state index < -0.39 is 58.8 Å². The summed E-state index contributed by atoms with van der Waals surface area (Å²) in [5.41, 5.74) is -3.27. The van der Waals surface area contributed by atoms with Crippen molar-refractivity contribution < 1.29 is 31.9 Å². The van der Waals surface area contributed by atoms with Gasteiger partial charge in [-0.1, -0.05) is 39.7 Å². The Morgan fingerprint density at radius 2 is 1.84 bits per heavy atom. The summed E-state index contributed by atoms with van der Waals surface area (Å²) in [6, 6.07) is 5.92. The molecule has 2 aromatic rings. The van der Waals surface area contributed by atoms with Crippen LogP contribution in [0.3, 0.4) is 0 Å². The number of hydrogen-bond acceptors (Lipinski definition) is 3. The number of carbonyl (C=O) groups excluding carboxylic acids is 1. The molecule has 1 aliphatic carbocycles. The van der Waals surface area contributed by atoms with Gasteiger partial charge in [0.05, 0.1) is 22.2 Å². The predicted molar refractivity (Wildman–Crippen MR) is 107 cm³/mol. The molecule has 1 heterocycles. The van der Waals surface area contributed by atoms with E-state index in [1.165, 1.54) is 0 Å². The SMILES string of the molecule is O=C(NC(c1cccc(Br)c1)C1(O)CCC(F)(F)CC1)c1nccc(C(F)(F)F)c1Cl. The van der Waals surface area contributed by atoms with Crippen molar-refractivity contribution in [2.24, 2.45) is 0 Å². The number of hydrogen-bond donors (Lipinski definition) is 2. The van der Waals surface area contributed by atoms with Crippen LogP contribution in [-0.2, 0) is 6.18 Å². The molecule has 1 saturated carbocycles. The lowest BCUT2D eigenvalue weighted by atomic mass is 9.75. The van der Waals surface area contributed by atoms with Gasteiger partial charge in [0, 0.05) is 23.5 Å². The highest BCUT2D eigenvalue weighted by molar-refractivity contribution is 9.10. The van der Waals surface area contributed by atoms with Gasteiger partial charge < -0.3 is 10.4 Å². The highest BCUT2D eigenvalue weighted by Gasteiger charge is 2.48. The maximum absolute atomic E-state index is 13.7. The number of rotatable bonds is 4. The standard InChI is InChI=1S/C20H17BrClF5N2O2/c21-12-3-1-2-11(10-12)16(18(31)5-7-19(23,24)8-6-18)29-17(30)15-14(22)13(4-9-28-15)20(25,26)27/h1-4,9-10,16,31H,5-8H2,(H,29,30). The fourth-order valence-corrected chi connectivity index (χ4v) is 4.29. The first-order valence-corrected chi connectivity index (χ1v) is 10.4. The molecule has 0 spiro atoms. The molecule has 168 valence electrons. The Morgan fingerprint density at radius 1 is 1.19 bits per heavy atom. The van der Waals surface area contributed by atoms with Gasteiger partial charge in [-0.3, -0.25) is 4.79 Å². The van der Waals surface area contributed by atoms with Crippen LogP contribution in [0.25, 0.3) is 0 Å². The number of aromatic nitrogens is 1. The zero-order valence-electron chi connectivity index (χ0n) is 15.8. The second-order valence-corrected chi connectivity index (χ2v) is 8.73. The van der Waals surface area contributed by atoms with Crippen LogP contribution in [0.4, 0.5) is 22.0 Å². The number of aliphatic hydroxyl groups is 1. The second-order valence-electron chi connectivity index (χ2n) is 7.44. The van der Waals surface area contributed by atoms with E-state index in [1.54, 1.807) is 24.3 Å². The molecule has 1 aromatic heterocycles. The summed E-state index contributed by atoms with van der Waals surface area (Å²) in [5, 5.41) is 12.7. The fraction of sp³-hybridized carbons (Fsp3) is 0.400. The number of amides is 1. The second kappa shape index (κ2) is 8.63. The maximum Gasteiger partial charge on any atom is 0.417 e. The number of nitrogens with one attached hydrogen (secondary N) is 1. The summed E-state index contributed by atoms with van der Waals surface area (Å²) < 4.78 is 67.3. The molecular weight excluding hydrogens is 511 g/mol. The Kier molecular flexibility index (Phi) is 6.65. The minimum atomic E-state index is -4.80. The molecule has 11 heteroatoms. The summed E-state index contributed by atoms with van der Waals surface area (Å²) in [6.07, 6.45) is -5.82. The molecule has 1 amide bonds. The van der Waals surface area contributed by atoms with Gasteiger partial charge in [-0.15, -0.1) is 0 Å². The Morgan fingerprint density at radius 3 is 2.42 bits per heavy atom. The molecule has 1 fully saturated rings. The van der Waals surface area contributed by atoms with Crippen molar-refractivity contribution in [1.29, 1.82) is 0 Å². The normalized spacial score (nSPS) is 19.0. The van der Waals surface area contributed by atoms with Gasteiger partial charge in [-0.25, -0.2) is 13.8 Å². The third-order valence-corrected chi connectivity index (χ3v) is 6.13. The van der Waals surface area contributed by atoms with E-state index in [9.17, 15) is 31.9 Å². The third kappa shape index (κ3) is 5.35. The van der Waals surface area contributed by atoms with Crippen molar-refractivity contribution in [3.63, 3.8) is 0 Å².